The van der Waals surface area contributed by atoms with Crippen molar-refractivity contribution in [3.63, 3.8) is 0 Å². The van der Waals surface area contributed by atoms with Gasteiger partial charge in [0, 0.05) is 19.8 Å². The number of esters is 1. The Bertz CT molecular complexity index is 521. The summed E-state index contributed by atoms with van der Waals surface area (Å²) in [5, 5.41) is 9.15. The third kappa shape index (κ3) is 4.73. The smallest absolute Gasteiger partial charge is 0.345 e. The number of carboxylic acid groups (broad SMARTS) is 1. The summed E-state index contributed by atoms with van der Waals surface area (Å²) in [6.45, 7) is 1.85. The Morgan fingerprint density at radius 3 is 2.77 bits per heavy atom. The number of ether oxygens (including phenoxy) is 3. The summed E-state index contributed by atoms with van der Waals surface area (Å²) < 4.78 is 16.2. The molecule has 1 saturated heterocycles. The Balaban J connectivity index is 2.09. The molecule has 1 fully saturated rings. The molecule has 2 rings (SSSR count). The molecule has 120 valence electrons. The van der Waals surface area contributed by atoms with Gasteiger partial charge in [-0.2, -0.15) is 0 Å². The predicted octanol–water partition coefficient (Wildman–Crippen LogP) is 2.15. The molecule has 1 aromatic carbocycles. The van der Waals surface area contributed by atoms with E-state index in [1.165, 1.54) is 6.92 Å². The number of carbonyl (C=O) groups excluding carboxylic acids is 1. The highest BCUT2D eigenvalue weighted by molar-refractivity contribution is 5.77. The van der Waals surface area contributed by atoms with E-state index in [-0.39, 0.29) is 12.7 Å². The minimum atomic E-state index is -1.23. The van der Waals surface area contributed by atoms with Crippen molar-refractivity contribution >= 4 is 11.9 Å². The molecule has 0 radical (unpaired) electrons. The van der Waals surface area contributed by atoms with Crippen LogP contribution in [0, 0.1) is 0 Å². The van der Waals surface area contributed by atoms with Crippen LogP contribution >= 0.6 is 0 Å². The summed E-state index contributed by atoms with van der Waals surface area (Å²) >= 11 is 0. The van der Waals surface area contributed by atoms with E-state index < -0.39 is 18.0 Å². The fourth-order valence-electron chi connectivity index (χ4n) is 2.31. The highest BCUT2D eigenvalue weighted by Gasteiger charge is 2.24. The fraction of sp³-hybridized carbons (Fsp3) is 0.500. The Labute approximate surface area is 129 Å². The van der Waals surface area contributed by atoms with Crippen LogP contribution in [0.4, 0.5) is 0 Å². The zero-order valence-electron chi connectivity index (χ0n) is 12.5. The second kappa shape index (κ2) is 7.79. The molecule has 2 atom stereocenters. The highest BCUT2D eigenvalue weighted by Crippen LogP contribution is 2.24. The van der Waals surface area contributed by atoms with Gasteiger partial charge in [-0.15, -0.1) is 0 Å². The first-order valence-electron chi connectivity index (χ1n) is 7.32. The maximum Gasteiger partial charge on any atom is 0.345 e. The summed E-state index contributed by atoms with van der Waals surface area (Å²) in [4.78, 5) is 22.2. The molecule has 0 bridgehead atoms. The summed E-state index contributed by atoms with van der Waals surface area (Å²) in [7, 11) is 0. The molecule has 1 heterocycles. The van der Waals surface area contributed by atoms with E-state index in [2.05, 4.69) is 0 Å². The molecule has 1 aliphatic rings. The zero-order chi connectivity index (χ0) is 15.9. The molecule has 0 saturated carbocycles. The van der Waals surface area contributed by atoms with E-state index in [1.54, 1.807) is 18.2 Å². The maximum absolute atomic E-state index is 11.2. The Kier molecular flexibility index (Phi) is 5.77. The number of carboxylic acids is 1. The number of carbonyl (C=O) groups is 2. The molecule has 1 aromatic rings. The van der Waals surface area contributed by atoms with Crippen molar-refractivity contribution in [1.82, 2.24) is 0 Å². The molecule has 6 heteroatoms. The van der Waals surface area contributed by atoms with Gasteiger partial charge in [0.25, 0.3) is 0 Å². The molecular formula is C16H20O6. The minimum Gasteiger partial charge on any atom is -0.478 e. The highest BCUT2D eigenvalue weighted by atomic mass is 16.7. The Morgan fingerprint density at radius 2 is 2.14 bits per heavy atom. The van der Waals surface area contributed by atoms with Crippen molar-refractivity contribution in [1.29, 1.82) is 0 Å². The van der Waals surface area contributed by atoms with E-state index >= 15 is 0 Å². The molecule has 0 aromatic heterocycles. The molecule has 0 spiro atoms. The van der Waals surface area contributed by atoms with Crippen molar-refractivity contribution in [3.05, 3.63) is 29.8 Å². The second-order valence-electron chi connectivity index (χ2n) is 5.16. The number of benzene rings is 1. The van der Waals surface area contributed by atoms with Gasteiger partial charge < -0.3 is 19.3 Å². The van der Waals surface area contributed by atoms with Crippen molar-refractivity contribution in [2.45, 2.75) is 45.0 Å². The van der Waals surface area contributed by atoms with E-state index in [1.807, 2.05) is 6.07 Å². The van der Waals surface area contributed by atoms with E-state index in [9.17, 15) is 9.59 Å². The predicted molar refractivity (Wildman–Crippen MR) is 77.6 cm³/mol. The van der Waals surface area contributed by atoms with Gasteiger partial charge in [0.2, 0.25) is 6.10 Å². The van der Waals surface area contributed by atoms with E-state index in [0.717, 1.165) is 19.3 Å². The van der Waals surface area contributed by atoms with E-state index in [0.29, 0.717) is 17.9 Å². The van der Waals surface area contributed by atoms with Crippen LogP contribution in [0.5, 0.6) is 5.75 Å². The average Bonchev–Trinajstić information content (AvgIpc) is 2.49. The number of aliphatic carboxylic acids is 1. The van der Waals surface area contributed by atoms with Crippen LogP contribution in [0.2, 0.25) is 0 Å². The quantitative estimate of drug-likeness (QED) is 0.811. The lowest BCUT2D eigenvalue weighted by Gasteiger charge is -2.25. The van der Waals surface area contributed by atoms with Gasteiger partial charge in [-0.25, -0.2) is 4.79 Å². The molecule has 0 aliphatic carbocycles. The van der Waals surface area contributed by atoms with Gasteiger partial charge in [0.15, 0.2) is 6.29 Å². The van der Waals surface area contributed by atoms with Crippen LogP contribution < -0.4 is 4.74 Å². The third-order valence-electron chi connectivity index (χ3n) is 3.36. The van der Waals surface area contributed by atoms with Crippen LogP contribution in [-0.2, 0) is 25.5 Å². The van der Waals surface area contributed by atoms with Crippen LogP contribution in [0.25, 0.3) is 0 Å². The lowest BCUT2D eigenvalue weighted by atomic mass is 10.1. The second-order valence-corrected chi connectivity index (χ2v) is 5.16. The van der Waals surface area contributed by atoms with Gasteiger partial charge in [0.05, 0.1) is 6.61 Å². The third-order valence-corrected chi connectivity index (χ3v) is 3.36. The summed E-state index contributed by atoms with van der Waals surface area (Å²) in [6, 6.07) is 7.12. The number of rotatable bonds is 6. The molecule has 0 amide bonds. The number of para-hydroxylation sites is 1. The summed E-state index contributed by atoms with van der Waals surface area (Å²) in [5.41, 5.74) is 0.672. The van der Waals surface area contributed by atoms with E-state index in [4.69, 9.17) is 19.3 Å². The number of hydrogen-bond acceptors (Lipinski definition) is 5. The average molecular weight is 308 g/mol. The van der Waals surface area contributed by atoms with Crippen LogP contribution in [0.15, 0.2) is 24.3 Å². The van der Waals surface area contributed by atoms with Gasteiger partial charge >= 0.3 is 11.9 Å². The van der Waals surface area contributed by atoms with Gasteiger partial charge in [-0.1, -0.05) is 18.2 Å². The molecule has 22 heavy (non-hydrogen) atoms. The largest absolute Gasteiger partial charge is 0.478 e. The van der Waals surface area contributed by atoms with Crippen molar-refractivity contribution in [2.24, 2.45) is 0 Å². The first kappa shape index (κ1) is 16.3. The van der Waals surface area contributed by atoms with Crippen LogP contribution in [0.3, 0.4) is 0 Å². The van der Waals surface area contributed by atoms with Crippen LogP contribution in [-0.4, -0.2) is 36.0 Å². The molecule has 1 N–H and O–H groups in total. The minimum absolute atomic E-state index is 0.0534. The summed E-state index contributed by atoms with van der Waals surface area (Å²) in [6.07, 6.45) is 1.38. The maximum atomic E-state index is 11.2. The first-order chi connectivity index (χ1) is 10.6. The standard InChI is InChI=1S/C16H20O6/c1-11(17)21-14(16(18)19)10-12-6-2-3-7-13(12)22-15-8-4-5-9-20-15/h2-3,6-7,14-15H,4-5,8-10H2,1H3,(H,18,19). The van der Waals surface area contributed by atoms with Gasteiger partial charge in [-0.05, 0) is 24.5 Å². The van der Waals surface area contributed by atoms with Crippen molar-refractivity contribution in [2.75, 3.05) is 6.61 Å². The molecule has 1 aliphatic heterocycles. The first-order valence-corrected chi connectivity index (χ1v) is 7.32. The lowest BCUT2D eigenvalue weighted by molar-refractivity contribution is -0.162. The van der Waals surface area contributed by atoms with Crippen molar-refractivity contribution in [3.8, 4) is 5.75 Å². The number of hydrogen-bond donors (Lipinski definition) is 1. The topological polar surface area (TPSA) is 82.1 Å². The fourth-order valence-corrected chi connectivity index (χ4v) is 2.31. The van der Waals surface area contributed by atoms with Gasteiger partial charge in [-0.3, -0.25) is 4.79 Å². The van der Waals surface area contributed by atoms with Crippen molar-refractivity contribution < 1.29 is 28.9 Å². The lowest BCUT2D eigenvalue weighted by Crippen LogP contribution is -2.29. The Hall–Kier alpha value is -2.08. The zero-order valence-corrected chi connectivity index (χ0v) is 12.5. The molecular weight excluding hydrogens is 288 g/mol. The normalized spacial score (nSPS) is 19.2. The summed E-state index contributed by atoms with van der Waals surface area (Å²) in [5.74, 6) is -1.24. The van der Waals surface area contributed by atoms with Crippen LogP contribution in [0.1, 0.15) is 31.7 Å². The molecule has 6 nitrogen and oxygen atoms in total. The monoisotopic (exact) mass is 308 g/mol. The SMILES string of the molecule is CC(=O)OC(Cc1ccccc1OC1CCCCO1)C(=O)O. The Morgan fingerprint density at radius 1 is 1.36 bits per heavy atom. The van der Waals surface area contributed by atoms with Gasteiger partial charge in [0.1, 0.15) is 5.75 Å². The molecule has 2 unspecified atom stereocenters.